The molecule has 0 spiro atoms. The fourth-order valence-electron chi connectivity index (χ4n) is 2.09. The number of thiazole rings is 1. The standard InChI is InChI=1S/C14H18N2OS/c1-8-6-11(17-5)9(2)10(3)13(8)14-16-12(15-4)7-18-14/h6-7,15H,1-5H3. The molecule has 0 aliphatic carbocycles. The van der Waals surface area contributed by atoms with Crippen molar-refractivity contribution in [3.8, 4) is 16.3 Å². The fourth-order valence-corrected chi connectivity index (χ4v) is 3.07. The summed E-state index contributed by atoms with van der Waals surface area (Å²) >= 11 is 1.66. The molecule has 4 heteroatoms. The quantitative estimate of drug-likeness (QED) is 0.914. The minimum atomic E-state index is 0.919. The Balaban J connectivity index is 2.60. The van der Waals surface area contributed by atoms with E-state index in [2.05, 4.69) is 37.1 Å². The number of anilines is 1. The smallest absolute Gasteiger partial charge is 0.137 e. The van der Waals surface area contributed by atoms with Crippen LogP contribution in [0.4, 0.5) is 5.82 Å². The van der Waals surface area contributed by atoms with E-state index in [-0.39, 0.29) is 0 Å². The van der Waals surface area contributed by atoms with Crippen LogP contribution in [0, 0.1) is 20.8 Å². The molecule has 1 aromatic heterocycles. The third kappa shape index (κ3) is 2.08. The molecule has 18 heavy (non-hydrogen) atoms. The number of aryl methyl sites for hydroxylation is 1. The van der Waals surface area contributed by atoms with Crippen molar-refractivity contribution in [2.24, 2.45) is 0 Å². The molecule has 1 N–H and O–H groups in total. The zero-order valence-electron chi connectivity index (χ0n) is 11.4. The average molecular weight is 262 g/mol. The molecule has 0 bridgehead atoms. The number of rotatable bonds is 3. The molecule has 2 aromatic rings. The topological polar surface area (TPSA) is 34.1 Å². The van der Waals surface area contributed by atoms with E-state index in [9.17, 15) is 0 Å². The summed E-state index contributed by atoms with van der Waals surface area (Å²) in [6, 6.07) is 2.08. The first-order valence-corrected chi connectivity index (χ1v) is 6.75. The molecule has 0 radical (unpaired) electrons. The van der Waals surface area contributed by atoms with E-state index in [1.807, 2.05) is 12.4 Å². The maximum atomic E-state index is 5.39. The van der Waals surface area contributed by atoms with E-state index in [1.54, 1.807) is 18.4 Å². The Kier molecular flexibility index (Phi) is 3.57. The number of hydrogen-bond donors (Lipinski definition) is 1. The van der Waals surface area contributed by atoms with Crippen LogP contribution in [0.25, 0.3) is 10.6 Å². The van der Waals surface area contributed by atoms with Crippen molar-refractivity contribution < 1.29 is 4.74 Å². The zero-order chi connectivity index (χ0) is 13.3. The lowest BCUT2D eigenvalue weighted by Gasteiger charge is -2.14. The van der Waals surface area contributed by atoms with Crippen LogP contribution in [0.3, 0.4) is 0 Å². The van der Waals surface area contributed by atoms with Crippen molar-refractivity contribution >= 4 is 17.2 Å². The van der Waals surface area contributed by atoms with Gasteiger partial charge in [0.2, 0.25) is 0 Å². The lowest BCUT2D eigenvalue weighted by molar-refractivity contribution is 0.411. The summed E-state index contributed by atoms with van der Waals surface area (Å²) in [7, 11) is 3.60. The molecule has 96 valence electrons. The van der Waals surface area contributed by atoms with Gasteiger partial charge in [-0.15, -0.1) is 11.3 Å². The summed E-state index contributed by atoms with van der Waals surface area (Å²) in [6.45, 7) is 6.31. The van der Waals surface area contributed by atoms with Crippen LogP contribution in [0.15, 0.2) is 11.4 Å². The molecular weight excluding hydrogens is 244 g/mol. The number of benzene rings is 1. The summed E-state index contributed by atoms with van der Waals surface area (Å²) in [5.74, 6) is 1.86. The van der Waals surface area contributed by atoms with Crippen LogP contribution in [0.1, 0.15) is 16.7 Å². The van der Waals surface area contributed by atoms with Crippen LogP contribution in [0.2, 0.25) is 0 Å². The monoisotopic (exact) mass is 262 g/mol. The summed E-state index contributed by atoms with van der Waals surface area (Å²) in [5.41, 5.74) is 4.84. The maximum absolute atomic E-state index is 5.39. The van der Waals surface area contributed by atoms with E-state index in [1.165, 1.54) is 22.3 Å². The van der Waals surface area contributed by atoms with Crippen LogP contribution >= 0.6 is 11.3 Å². The van der Waals surface area contributed by atoms with Crippen molar-refractivity contribution in [2.75, 3.05) is 19.5 Å². The average Bonchev–Trinajstić information content (AvgIpc) is 2.82. The Morgan fingerprint density at radius 3 is 2.50 bits per heavy atom. The first kappa shape index (κ1) is 12.9. The summed E-state index contributed by atoms with van der Waals surface area (Å²) in [4.78, 5) is 4.58. The second-order valence-corrected chi connectivity index (χ2v) is 5.17. The van der Waals surface area contributed by atoms with Gasteiger partial charge in [0, 0.05) is 18.0 Å². The molecule has 0 aliphatic rings. The van der Waals surface area contributed by atoms with E-state index < -0.39 is 0 Å². The molecule has 0 saturated carbocycles. The van der Waals surface area contributed by atoms with Gasteiger partial charge in [0.05, 0.1) is 7.11 Å². The number of nitrogens with one attached hydrogen (secondary N) is 1. The summed E-state index contributed by atoms with van der Waals surface area (Å²) < 4.78 is 5.39. The molecule has 0 atom stereocenters. The first-order chi connectivity index (χ1) is 8.58. The maximum Gasteiger partial charge on any atom is 0.137 e. The zero-order valence-corrected chi connectivity index (χ0v) is 12.2. The van der Waals surface area contributed by atoms with Crippen LogP contribution < -0.4 is 10.1 Å². The largest absolute Gasteiger partial charge is 0.496 e. The Morgan fingerprint density at radius 1 is 1.22 bits per heavy atom. The molecule has 0 amide bonds. The van der Waals surface area contributed by atoms with Crippen molar-refractivity contribution in [3.63, 3.8) is 0 Å². The predicted octanol–water partition coefficient (Wildman–Crippen LogP) is 3.79. The minimum Gasteiger partial charge on any atom is -0.496 e. The van der Waals surface area contributed by atoms with Gasteiger partial charge in [-0.25, -0.2) is 4.98 Å². The minimum absolute atomic E-state index is 0.919. The van der Waals surface area contributed by atoms with Gasteiger partial charge < -0.3 is 10.1 Å². The molecule has 0 unspecified atom stereocenters. The Labute approximate surface area is 112 Å². The summed E-state index contributed by atoms with van der Waals surface area (Å²) in [5, 5.41) is 6.16. The fraction of sp³-hybridized carbons (Fsp3) is 0.357. The Bertz CT molecular complexity index is 575. The van der Waals surface area contributed by atoms with Crippen molar-refractivity contribution in [2.45, 2.75) is 20.8 Å². The van der Waals surface area contributed by atoms with E-state index in [4.69, 9.17) is 4.74 Å². The number of nitrogens with zero attached hydrogens (tertiary/aromatic N) is 1. The van der Waals surface area contributed by atoms with Gasteiger partial charge in [0.1, 0.15) is 16.6 Å². The molecule has 0 aliphatic heterocycles. The SMILES string of the molecule is CNc1csc(-c2c(C)cc(OC)c(C)c2C)n1. The molecule has 0 saturated heterocycles. The molecule has 0 fully saturated rings. The van der Waals surface area contributed by atoms with Crippen molar-refractivity contribution in [1.29, 1.82) is 0 Å². The highest BCUT2D eigenvalue weighted by atomic mass is 32.1. The van der Waals surface area contributed by atoms with Crippen LogP contribution in [-0.2, 0) is 0 Å². The second kappa shape index (κ2) is 4.98. The molecule has 1 heterocycles. The number of aromatic nitrogens is 1. The van der Waals surface area contributed by atoms with Gasteiger partial charge in [-0.3, -0.25) is 0 Å². The van der Waals surface area contributed by atoms with Gasteiger partial charge >= 0.3 is 0 Å². The van der Waals surface area contributed by atoms with E-state index in [0.29, 0.717) is 0 Å². The molecule has 3 nitrogen and oxygen atoms in total. The van der Waals surface area contributed by atoms with Gasteiger partial charge in [-0.1, -0.05) is 0 Å². The normalized spacial score (nSPS) is 10.5. The molecule has 1 aromatic carbocycles. The predicted molar refractivity (Wildman–Crippen MR) is 77.9 cm³/mol. The third-order valence-corrected chi connectivity index (χ3v) is 4.10. The highest BCUT2D eigenvalue weighted by Crippen LogP contribution is 2.36. The van der Waals surface area contributed by atoms with Gasteiger partial charge in [-0.2, -0.15) is 0 Å². The number of ether oxygens (including phenoxy) is 1. The third-order valence-electron chi connectivity index (χ3n) is 3.24. The highest BCUT2D eigenvalue weighted by molar-refractivity contribution is 7.13. The lowest BCUT2D eigenvalue weighted by Crippen LogP contribution is -1.96. The van der Waals surface area contributed by atoms with Crippen LogP contribution in [0.5, 0.6) is 5.75 Å². The molecule has 2 rings (SSSR count). The Morgan fingerprint density at radius 2 is 1.94 bits per heavy atom. The van der Waals surface area contributed by atoms with Gasteiger partial charge in [0.15, 0.2) is 0 Å². The van der Waals surface area contributed by atoms with Crippen molar-refractivity contribution in [3.05, 3.63) is 28.1 Å². The van der Waals surface area contributed by atoms with E-state index in [0.717, 1.165) is 16.6 Å². The molecular formula is C14H18N2OS. The lowest BCUT2D eigenvalue weighted by atomic mass is 9.98. The van der Waals surface area contributed by atoms with Crippen LogP contribution in [-0.4, -0.2) is 19.1 Å². The Hall–Kier alpha value is -1.55. The highest BCUT2D eigenvalue weighted by Gasteiger charge is 2.14. The number of hydrogen-bond acceptors (Lipinski definition) is 4. The number of methoxy groups -OCH3 is 1. The first-order valence-electron chi connectivity index (χ1n) is 5.87. The second-order valence-electron chi connectivity index (χ2n) is 4.31. The van der Waals surface area contributed by atoms with E-state index >= 15 is 0 Å². The van der Waals surface area contributed by atoms with Gasteiger partial charge in [0.25, 0.3) is 0 Å². The van der Waals surface area contributed by atoms with Gasteiger partial charge in [-0.05, 0) is 43.5 Å². The summed E-state index contributed by atoms with van der Waals surface area (Å²) in [6.07, 6.45) is 0. The van der Waals surface area contributed by atoms with Crippen molar-refractivity contribution in [1.82, 2.24) is 4.98 Å².